The quantitative estimate of drug-likeness (QED) is 0.732. The van der Waals surface area contributed by atoms with Crippen LogP contribution in [0, 0.1) is 12.7 Å². The summed E-state index contributed by atoms with van der Waals surface area (Å²) in [7, 11) is 0. The van der Waals surface area contributed by atoms with E-state index in [-0.39, 0.29) is 5.82 Å². The van der Waals surface area contributed by atoms with Crippen molar-refractivity contribution in [3.63, 3.8) is 0 Å². The number of aryl methyl sites for hydroxylation is 2. The Balaban J connectivity index is 2.72. The lowest BCUT2D eigenvalue weighted by Gasteiger charge is -2.01. The number of benzene rings is 1. The molecule has 0 saturated heterocycles. The Morgan fingerprint density at radius 1 is 1.33 bits per heavy atom. The van der Waals surface area contributed by atoms with Gasteiger partial charge in [0.15, 0.2) is 0 Å². The maximum atomic E-state index is 12.8. The van der Waals surface area contributed by atoms with Gasteiger partial charge in [-0.15, -0.1) is 0 Å². The molecule has 0 amide bonds. The van der Waals surface area contributed by atoms with Gasteiger partial charge >= 0.3 is 0 Å². The van der Waals surface area contributed by atoms with Gasteiger partial charge in [0.2, 0.25) is 0 Å². The number of hydrogen-bond acceptors (Lipinski definition) is 1. The van der Waals surface area contributed by atoms with Crippen LogP contribution in [0.3, 0.4) is 0 Å². The molecule has 12 heavy (non-hydrogen) atoms. The van der Waals surface area contributed by atoms with E-state index in [0.29, 0.717) is 6.54 Å². The average molecular weight is 167 g/mol. The fourth-order valence-corrected chi connectivity index (χ4v) is 1.26. The minimum absolute atomic E-state index is 0.151. The minimum Gasteiger partial charge on any atom is -0.330 e. The largest absolute Gasteiger partial charge is 0.330 e. The molecular formula is C10H14FN. The van der Waals surface area contributed by atoms with Crippen molar-refractivity contribution >= 4 is 0 Å². The average Bonchev–Trinajstić information content (AvgIpc) is 1.99. The topological polar surface area (TPSA) is 26.0 Å². The monoisotopic (exact) mass is 167 g/mol. The van der Waals surface area contributed by atoms with Crippen molar-refractivity contribution in [1.82, 2.24) is 0 Å². The van der Waals surface area contributed by atoms with Crippen LogP contribution in [0.4, 0.5) is 4.39 Å². The summed E-state index contributed by atoms with van der Waals surface area (Å²) in [6.45, 7) is 2.56. The molecule has 0 fully saturated rings. The fourth-order valence-electron chi connectivity index (χ4n) is 1.26. The Bertz CT molecular complexity index is 238. The normalized spacial score (nSPS) is 10.2. The van der Waals surface area contributed by atoms with E-state index in [9.17, 15) is 4.39 Å². The van der Waals surface area contributed by atoms with E-state index >= 15 is 0 Å². The van der Waals surface area contributed by atoms with Crippen LogP contribution in [0.15, 0.2) is 18.2 Å². The third-order valence-electron chi connectivity index (χ3n) is 1.77. The van der Waals surface area contributed by atoms with Gasteiger partial charge in [0.05, 0.1) is 0 Å². The van der Waals surface area contributed by atoms with Crippen LogP contribution in [0.1, 0.15) is 17.5 Å². The first-order valence-electron chi connectivity index (χ1n) is 4.18. The molecule has 1 aromatic carbocycles. The van der Waals surface area contributed by atoms with Crippen molar-refractivity contribution in [2.45, 2.75) is 19.8 Å². The van der Waals surface area contributed by atoms with Crippen molar-refractivity contribution in [3.05, 3.63) is 35.1 Å². The lowest BCUT2D eigenvalue weighted by Crippen LogP contribution is -2.00. The molecule has 66 valence electrons. The summed E-state index contributed by atoms with van der Waals surface area (Å²) in [5.41, 5.74) is 7.37. The van der Waals surface area contributed by atoms with E-state index in [1.54, 1.807) is 6.07 Å². The molecule has 0 aliphatic carbocycles. The van der Waals surface area contributed by atoms with Crippen LogP contribution in [-0.2, 0) is 6.42 Å². The summed E-state index contributed by atoms with van der Waals surface area (Å²) in [6.07, 6.45) is 1.79. The van der Waals surface area contributed by atoms with E-state index < -0.39 is 0 Å². The van der Waals surface area contributed by atoms with Crippen LogP contribution >= 0.6 is 0 Å². The third-order valence-corrected chi connectivity index (χ3v) is 1.77. The van der Waals surface area contributed by atoms with E-state index in [1.807, 2.05) is 13.0 Å². The zero-order valence-electron chi connectivity index (χ0n) is 7.31. The Hall–Kier alpha value is -0.890. The summed E-state index contributed by atoms with van der Waals surface area (Å²) in [5, 5.41) is 0. The van der Waals surface area contributed by atoms with E-state index in [4.69, 9.17) is 5.73 Å². The molecule has 0 saturated carbocycles. The van der Waals surface area contributed by atoms with Gasteiger partial charge in [0.25, 0.3) is 0 Å². The highest BCUT2D eigenvalue weighted by Crippen LogP contribution is 2.09. The maximum Gasteiger partial charge on any atom is 0.123 e. The molecule has 2 N–H and O–H groups in total. The van der Waals surface area contributed by atoms with Crippen LogP contribution < -0.4 is 5.73 Å². The van der Waals surface area contributed by atoms with Gasteiger partial charge in [-0.1, -0.05) is 6.07 Å². The zero-order chi connectivity index (χ0) is 8.97. The number of halogens is 1. The SMILES string of the molecule is Cc1cc(F)cc(CCCN)c1. The van der Waals surface area contributed by atoms with Gasteiger partial charge < -0.3 is 5.73 Å². The summed E-state index contributed by atoms with van der Waals surface area (Å²) < 4.78 is 12.8. The van der Waals surface area contributed by atoms with Gasteiger partial charge in [-0.05, 0) is 49.6 Å². The van der Waals surface area contributed by atoms with E-state index in [2.05, 4.69) is 0 Å². The van der Waals surface area contributed by atoms with E-state index in [1.165, 1.54) is 6.07 Å². The van der Waals surface area contributed by atoms with Crippen LogP contribution in [0.5, 0.6) is 0 Å². The predicted molar refractivity (Wildman–Crippen MR) is 48.5 cm³/mol. The molecule has 0 spiro atoms. The Kier molecular flexibility index (Phi) is 3.23. The molecule has 1 rings (SSSR count). The lowest BCUT2D eigenvalue weighted by atomic mass is 10.1. The molecular weight excluding hydrogens is 153 g/mol. The predicted octanol–water partition coefficient (Wildman–Crippen LogP) is 2.03. The first-order chi connectivity index (χ1) is 5.72. The first kappa shape index (κ1) is 9.20. The molecule has 2 heteroatoms. The van der Waals surface area contributed by atoms with Crippen LogP contribution in [-0.4, -0.2) is 6.54 Å². The fraction of sp³-hybridized carbons (Fsp3) is 0.400. The van der Waals surface area contributed by atoms with Crippen molar-refractivity contribution in [2.75, 3.05) is 6.54 Å². The van der Waals surface area contributed by atoms with Crippen LogP contribution in [0.25, 0.3) is 0 Å². The first-order valence-corrected chi connectivity index (χ1v) is 4.18. The molecule has 0 aliphatic heterocycles. The summed E-state index contributed by atoms with van der Waals surface area (Å²) in [5.74, 6) is -0.151. The van der Waals surface area contributed by atoms with Crippen molar-refractivity contribution in [2.24, 2.45) is 5.73 Å². The molecule has 0 heterocycles. The maximum absolute atomic E-state index is 12.8. The molecule has 0 radical (unpaired) electrons. The Morgan fingerprint density at radius 2 is 2.08 bits per heavy atom. The molecule has 0 aliphatic rings. The lowest BCUT2D eigenvalue weighted by molar-refractivity contribution is 0.623. The Labute approximate surface area is 72.4 Å². The second kappa shape index (κ2) is 4.21. The Morgan fingerprint density at radius 3 is 2.67 bits per heavy atom. The molecule has 1 nitrogen and oxygen atoms in total. The molecule has 0 aromatic heterocycles. The summed E-state index contributed by atoms with van der Waals surface area (Å²) in [6, 6.07) is 5.10. The second-order valence-electron chi connectivity index (χ2n) is 3.03. The van der Waals surface area contributed by atoms with Gasteiger partial charge in [-0.3, -0.25) is 0 Å². The number of rotatable bonds is 3. The van der Waals surface area contributed by atoms with Crippen molar-refractivity contribution < 1.29 is 4.39 Å². The number of nitrogens with two attached hydrogens (primary N) is 1. The highest BCUT2D eigenvalue weighted by atomic mass is 19.1. The summed E-state index contributed by atoms with van der Waals surface area (Å²) >= 11 is 0. The number of hydrogen-bond donors (Lipinski definition) is 1. The highest BCUT2D eigenvalue weighted by Gasteiger charge is 1.96. The van der Waals surface area contributed by atoms with Gasteiger partial charge in [-0.2, -0.15) is 0 Å². The molecule has 0 bridgehead atoms. The smallest absolute Gasteiger partial charge is 0.123 e. The third kappa shape index (κ3) is 2.62. The summed E-state index contributed by atoms with van der Waals surface area (Å²) in [4.78, 5) is 0. The highest BCUT2D eigenvalue weighted by molar-refractivity contribution is 5.23. The molecule has 0 unspecified atom stereocenters. The second-order valence-corrected chi connectivity index (χ2v) is 3.03. The van der Waals surface area contributed by atoms with Gasteiger partial charge in [-0.25, -0.2) is 4.39 Å². The van der Waals surface area contributed by atoms with Crippen molar-refractivity contribution in [1.29, 1.82) is 0 Å². The minimum atomic E-state index is -0.151. The standard InChI is InChI=1S/C10H14FN/c1-8-5-9(3-2-4-12)7-10(11)6-8/h5-7H,2-4,12H2,1H3. The molecule has 1 aromatic rings. The van der Waals surface area contributed by atoms with Crippen LogP contribution in [0.2, 0.25) is 0 Å². The molecule has 0 atom stereocenters. The van der Waals surface area contributed by atoms with Gasteiger partial charge in [0, 0.05) is 0 Å². The van der Waals surface area contributed by atoms with Crippen molar-refractivity contribution in [3.8, 4) is 0 Å². The van der Waals surface area contributed by atoms with E-state index in [0.717, 1.165) is 24.0 Å². The zero-order valence-corrected chi connectivity index (χ0v) is 7.31. The van der Waals surface area contributed by atoms with Gasteiger partial charge in [0.1, 0.15) is 5.82 Å².